The Balaban J connectivity index is 0.00000226. The Morgan fingerprint density at radius 2 is 1.88 bits per heavy atom. The molecule has 0 fully saturated rings. The molecule has 0 aliphatic heterocycles. The lowest BCUT2D eigenvalue weighted by Crippen LogP contribution is -2.16. The van der Waals surface area contributed by atoms with E-state index in [0.29, 0.717) is 52.2 Å². The summed E-state index contributed by atoms with van der Waals surface area (Å²) in [5.41, 5.74) is 8.59. The van der Waals surface area contributed by atoms with Crippen molar-refractivity contribution in [2.45, 2.75) is 34.1 Å². The van der Waals surface area contributed by atoms with Gasteiger partial charge in [0, 0.05) is 16.8 Å². The monoisotopic (exact) mass is 548 g/mol. The maximum Gasteiger partial charge on any atom is 0.335 e. The van der Waals surface area contributed by atoms with Crippen LogP contribution in [-0.2, 0) is 9.59 Å². The first-order valence-electron chi connectivity index (χ1n) is 13.1. The number of carboxylic acid groups (broad SMARTS) is 1. The number of aliphatic carboxylic acids is 1. The van der Waals surface area contributed by atoms with Gasteiger partial charge < -0.3 is 10.2 Å². The molecule has 0 aromatic heterocycles. The van der Waals surface area contributed by atoms with Crippen molar-refractivity contribution in [1.29, 1.82) is 5.26 Å². The zero-order valence-electron chi connectivity index (χ0n) is 23.4. The first-order valence-corrected chi connectivity index (χ1v) is 13.1. The number of nitrogens with one attached hydrogen (secondary N) is 1. The number of hydrogen-bond donors (Lipinski definition) is 3. The molecular weight excluding hydrogens is 516 g/mol. The Morgan fingerprint density at radius 1 is 1.10 bits per heavy atom. The summed E-state index contributed by atoms with van der Waals surface area (Å²) in [5.74, 6) is -1.14. The molecule has 41 heavy (non-hydrogen) atoms. The number of hydrogen-bond acceptors (Lipinski definition) is 6. The van der Waals surface area contributed by atoms with E-state index in [1.54, 1.807) is 42.5 Å². The van der Waals surface area contributed by atoms with E-state index in [4.69, 9.17) is 0 Å². The molecule has 1 aliphatic carbocycles. The van der Waals surface area contributed by atoms with E-state index < -0.39 is 5.97 Å². The Morgan fingerprint density at radius 3 is 2.56 bits per heavy atom. The van der Waals surface area contributed by atoms with Crippen LogP contribution in [0.2, 0.25) is 0 Å². The highest BCUT2D eigenvalue weighted by molar-refractivity contribution is 5.97. The minimum Gasteiger partial charge on any atom is -0.505 e. The Bertz CT molecular complexity index is 1610. The van der Waals surface area contributed by atoms with E-state index in [0.717, 1.165) is 11.1 Å². The highest BCUT2D eigenvalue weighted by Gasteiger charge is 2.16. The number of hydrazone groups is 1. The number of phenolic OH excluding ortho intramolecular Hbond substituents is 1. The standard InChI is InChI=1S/C31H26N4O4.C2H6/c1-20-10-12-26(14-21(20)2)35(19-36)29-13-11-22(17-32)15-25(29)18-33-34-28-9-5-8-27(30(28)37)23-6-3-4-7-24(16-23)31(38)39;1-2/h3-5,7-16,18-19,34,37H,6H2,1-2H3,(H,38,39);1-2H3/b33-18+;. The number of benzene rings is 3. The third kappa shape index (κ3) is 7.16. The van der Waals surface area contributed by atoms with Crippen LogP contribution in [0.1, 0.15) is 48.1 Å². The van der Waals surface area contributed by atoms with E-state index >= 15 is 0 Å². The van der Waals surface area contributed by atoms with E-state index in [1.807, 2.05) is 52.0 Å². The van der Waals surface area contributed by atoms with Crippen LogP contribution in [0.25, 0.3) is 5.57 Å². The number of aryl methyl sites for hydroxylation is 2. The van der Waals surface area contributed by atoms with Gasteiger partial charge in [-0.25, -0.2) is 4.79 Å². The van der Waals surface area contributed by atoms with Gasteiger partial charge in [-0.05, 0) is 85.5 Å². The van der Waals surface area contributed by atoms with Crippen LogP contribution in [0.15, 0.2) is 89.6 Å². The van der Waals surface area contributed by atoms with Gasteiger partial charge in [-0.15, -0.1) is 0 Å². The van der Waals surface area contributed by atoms with Crippen molar-refractivity contribution in [3.63, 3.8) is 0 Å². The maximum absolute atomic E-state index is 12.1. The predicted octanol–water partition coefficient (Wildman–Crippen LogP) is 7.00. The number of nitrogens with zero attached hydrogens (tertiary/aromatic N) is 3. The summed E-state index contributed by atoms with van der Waals surface area (Å²) in [7, 11) is 0. The van der Waals surface area contributed by atoms with Crippen LogP contribution in [0, 0.1) is 25.2 Å². The van der Waals surface area contributed by atoms with Crippen molar-refractivity contribution in [3.8, 4) is 11.8 Å². The molecular formula is C33H32N4O4. The van der Waals surface area contributed by atoms with Crippen molar-refractivity contribution in [1.82, 2.24) is 0 Å². The Labute approximate surface area is 239 Å². The van der Waals surface area contributed by atoms with Gasteiger partial charge in [-0.1, -0.05) is 44.2 Å². The zero-order valence-corrected chi connectivity index (χ0v) is 23.4. The van der Waals surface area contributed by atoms with Gasteiger partial charge in [0.25, 0.3) is 0 Å². The van der Waals surface area contributed by atoms with Gasteiger partial charge in [0.2, 0.25) is 6.41 Å². The quantitative estimate of drug-likeness (QED) is 0.120. The second kappa shape index (κ2) is 14.1. The van der Waals surface area contributed by atoms with Gasteiger partial charge in [-0.3, -0.25) is 15.1 Å². The van der Waals surface area contributed by atoms with Crippen molar-refractivity contribution in [2.75, 3.05) is 10.3 Å². The molecule has 208 valence electrons. The molecule has 0 radical (unpaired) electrons. The number of anilines is 3. The molecule has 0 atom stereocenters. The normalized spacial score (nSPS) is 12.3. The Hall–Kier alpha value is -5.42. The van der Waals surface area contributed by atoms with Crippen LogP contribution >= 0.6 is 0 Å². The number of para-hydroxylation sites is 1. The number of nitriles is 1. The first kappa shape index (κ1) is 30.1. The fraction of sp³-hybridized carbons (Fsp3) is 0.152. The fourth-order valence-corrected chi connectivity index (χ4v) is 4.13. The molecule has 0 bridgehead atoms. The number of carboxylic acids is 1. The Kier molecular flexibility index (Phi) is 10.4. The van der Waals surface area contributed by atoms with Gasteiger partial charge in [0.1, 0.15) is 5.75 Å². The number of phenols is 1. The van der Waals surface area contributed by atoms with E-state index in [-0.39, 0.29) is 11.3 Å². The zero-order chi connectivity index (χ0) is 29.9. The maximum atomic E-state index is 12.1. The number of carbonyl (C=O) groups excluding carboxylic acids is 1. The average Bonchev–Trinajstić information content (AvgIpc) is 3.24. The first-order chi connectivity index (χ1) is 19.8. The number of aromatic hydroxyl groups is 1. The van der Waals surface area contributed by atoms with E-state index in [1.165, 1.54) is 23.3 Å². The molecule has 0 spiro atoms. The molecule has 0 saturated carbocycles. The highest BCUT2D eigenvalue weighted by atomic mass is 16.4. The summed E-state index contributed by atoms with van der Waals surface area (Å²) in [4.78, 5) is 25.1. The molecule has 0 heterocycles. The lowest BCUT2D eigenvalue weighted by molar-refractivity contribution is -0.132. The number of amides is 1. The van der Waals surface area contributed by atoms with Crippen LogP contribution in [0.3, 0.4) is 0 Å². The SMILES string of the molecule is CC.Cc1ccc(N(C=O)c2ccc(C#N)cc2/C=N/Nc2cccc(C3=CC(C(=O)O)=CC=CC3)c2O)cc1C. The van der Waals surface area contributed by atoms with Crippen molar-refractivity contribution in [2.24, 2.45) is 5.10 Å². The summed E-state index contributed by atoms with van der Waals surface area (Å²) < 4.78 is 0. The second-order valence-corrected chi connectivity index (χ2v) is 8.93. The van der Waals surface area contributed by atoms with Gasteiger partial charge in [-0.2, -0.15) is 10.4 Å². The van der Waals surface area contributed by atoms with Crippen LogP contribution in [0.4, 0.5) is 17.1 Å². The lowest BCUT2D eigenvalue weighted by Gasteiger charge is -2.21. The van der Waals surface area contributed by atoms with Crippen molar-refractivity contribution < 1.29 is 19.8 Å². The smallest absolute Gasteiger partial charge is 0.335 e. The number of allylic oxidation sites excluding steroid dienone is 4. The summed E-state index contributed by atoms with van der Waals surface area (Å²) in [6, 6.07) is 17.8. The molecule has 1 aliphatic rings. The van der Waals surface area contributed by atoms with E-state index in [9.17, 15) is 25.1 Å². The summed E-state index contributed by atoms with van der Waals surface area (Å²) >= 11 is 0. The number of carbonyl (C=O) groups is 2. The average molecular weight is 549 g/mol. The van der Waals surface area contributed by atoms with Crippen LogP contribution in [-0.4, -0.2) is 28.8 Å². The molecule has 1 amide bonds. The second-order valence-electron chi connectivity index (χ2n) is 8.93. The topological polar surface area (TPSA) is 126 Å². The van der Waals surface area contributed by atoms with Gasteiger partial charge in [0.05, 0.1) is 34.8 Å². The molecule has 4 rings (SSSR count). The summed E-state index contributed by atoms with van der Waals surface area (Å²) in [5, 5.41) is 34.0. The van der Waals surface area contributed by atoms with Crippen molar-refractivity contribution in [3.05, 3.63) is 112 Å². The van der Waals surface area contributed by atoms with Crippen LogP contribution in [0.5, 0.6) is 5.75 Å². The fourth-order valence-electron chi connectivity index (χ4n) is 4.13. The van der Waals surface area contributed by atoms with Crippen LogP contribution < -0.4 is 10.3 Å². The minimum atomic E-state index is -1.06. The van der Waals surface area contributed by atoms with Crippen molar-refractivity contribution >= 4 is 41.2 Å². The highest BCUT2D eigenvalue weighted by Crippen LogP contribution is 2.36. The third-order valence-electron chi connectivity index (χ3n) is 6.39. The third-order valence-corrected chi connectivity index (χ3v) is 6.39. The predicted molar refractivity (Wildman–Crippen MR) is 163 cm³/mol. The largest absolute Gasteiger partial charge is 0.505 e. The minimum absolute atomic E-state index is 0.0865. The molecule has 8 nitrogen and oxygen atoms in total. The summed E-state index contributed by atoms with van der Waals surface area (Å²) in [6.07, 6.45) is 9.15. The molecule has 0 saturated heterocycles. The van der Waals surface area contributed by atoms with E-state index in [2.05, 4.69) is 16.6 Å². The molecule has 3 aromatic rings. The summed E-state index contributed by atoms with van der Waals surface area (Å²) in [6.45, 7) is 7.96. The molecule has 0 unspecified atom stereocenters. The van der Waals surface area contributed by atoms with Gasteiger partial charge in [0.15, 0.2) is 0 Å². The lowest BCUT2D eigenvalue weighted by atomic mass is 9.99. The number of rotatable bonds is 8. The molecule has 8 heteroatoms. The molecule has 3 N–H and O–H groups in total. The van der Waals surface area contributed by atoms with Gasteiger partial charge >= 0.3 is 5.97 Å². The molecule has 3 aromatic carbocycles.